The summed E-state index contributed by atoms with van der Waals surface area (Å²) < 4.78 is 3.04. The molecule has 0 aliphatic heterocycles. The van der Waals surface area contributed by atoms with Gasteiger partial charge in [0.15, 0.2) is 4.77 Å². The predicted molar refractivity (Wildman–Crippen MR) is 71.0 cm³/mol. The Morgan fingerprint density at radius 2 is 1.94 bits per heavy atom. The molecule has 2 aliphatic carbocycles. The van der Waals surface area contributed by atoms with Crippen molar-refractivity contribution < 1.29 is 0 Å². The smallest absolute Gasteiger partial charge is 0.225 e. The molecule has 0 amide bonds. The van der Waals surface area contributed by atoms with E-state index in [1.165, 1.54) is 44.9 Å². The summed E-state index contributed by atoms with van der Waals surface area (Å²) in [6.07, 6.45) is 9.08. The van der Waals surface area contributed by atoms with Gasteiger partial charge in [0.05, 0.1) is 0 Å². The van der Waals surface area contributed by atoms with Gasteiger partial charge in [-0.3, -0.25) is 4.57 Å². The zero-order chi connectivity index (χ0) is 11.8. The highest BCUT2D eigenvalue weighted by atomic mass is 32.1. The van der Waals surface area contributed by atoms with Crippen molar-refractivity contribution in [1.29, 1.82) is 0 Å². The number of aromatic amines is 1. The average Bonchev–Trinajstić information content (AvgIpc) is 2.82. The second kappa shape index (κ2) is 4.44. The highest BCUT2D eigenvalue weighted by Crippen LogP contribution is 2.34. The number of hydrogen-bond acceptors (Lipinski definition) is 3. The van der Waals surface area contributed by atoms with Gasteiger partial charge in [0, 0.05) is 19.1 Å². The van der Waals surface area contributed by atoms with Crippen LogP contribution in [0.1, 0.15) is 51.0 Å². The second-order valence-corrected chi connectivity index (χ2v) is 5.72. The zero-order valence-electron chi connectivity index (χ0n) is 10.4. The number of aromatic nitrogens is 3. The number of anilines is 1. The van der Waals surface area contributed by atoms with E-state index in [1.807, 2.05) is 0 Å². The van der Waals surface area contributed by atoms with Crippen LogP contribution in [0.25, 0.3) is 0 Å². The van der Waals surface area contributed by atoms with E-state index in [1.54, 1.807) is 0 Å². The quantitative estimate of drug-likeness (QED) is 0.840. The summed E-state index contributed by atoms with van der Waals surface area (Å²) in [5.74, 6) is 1.05. The third kappa shape index (κ3) is 1.90. The van der Waals surface area contributed by atoms with E-state index >= 15 is 0 Å². The van der Waals surface area contributed by atoms with Crippen molar-refractivity contribution >= 4 is 18.2 Å². The van der Waals surface area contributed by atoms with Gasteiger partial charge >= 0.3 is 0 Å². The van der Waals surface area contributed by atoms with Crippen LogP contribution in [0, 0.1) is 4.77 Å². The maximum absolute atomic E-state index is 5.39. The predicted octanol–water partition coefficient (Wildman–Crippen LogP) is 3.04. The fourth-order valence-electron chi connectivity index (χ4n) is 2.97. The first-order valence-electron chi connectivity index (χ1n) is 6.67. The lowest BCUT2D eigenvalue weighted by Gasteiger charge is -2.35. The Morgan fingerprint density at radius 1 is 1.24 bits per heavy atom. The number of hydrogen-bond donors (Lipinski definition) is 1. The van der Waals surface area contributed by atoms with Crippen LogP contribution in [0.4, 0.5) is 5.95 Å². The molecule has 0 unspecified atom stereocenters. The summed E-state index contributed by atoms with van der Waals surface area (Å²) in [4.78, 5) is 2.31. The molecule has 1 aromatic rings. The van der Waals surface area contributed by atoms with E-state index in [0.717, 1.165) is 10.7 Å². The van der Waals surface area contributed by atoms with Gasteiger partial charge in [0.25, 0.3) is 0 Å². The molecule has 1 heterocycles. The molecule has 2 saturated carbocycles. The molecule has 17 heavy (non-hydrogen) atoms. The number of H-pyrrole nitrogens is 1. The molecule has 4 nitrogen and oxygen atoms in total. The minimum atomic E-state index is 0.568. The van der Waals surface area contributed by atoms with Crippen LogP contribution >= 0.6 is 12.2 Å². The molecular formula is C12H20N4S. The largest absolute Gasteiger partial charge is 0.341 e. The summed E-state index contributed by atoms with van der Waals surface area (Å²) in [7, 11) is 2.15. The van der Waals surface area contributed by atoms with Crippen molar-refractivity contribution in [2.24, 2.45) is 0 Å². The summed E-state index contributed by atoms with van der Waals surface area (Å²) in [5.41, 5.74) is 0. The third-order valence-corrected chi connectivity index (χ3v) is 4.60. The van der Waals surface area contributed by atoms with Crippen molar-refractivity contribution in [2.45, 2.75) is 57.0 Å². The molecule has 0 spiro atoms. The fourth-order valence-corrected chi connectivity index (χ4v) is 3.25. The summed E-state index contributed by atoms with van der Waals surface area (Å²) in [5, 5.41) is 7.41. The van der Waals surface area contributed by atoms with E-state index in [-0.39, 0.29) is 0 Å². The van der Waals surface area contributed by atoms with E-state index in [0.29, 0.717) is 12.1 Å². The van der Waals surface area contributed by atoms with Crippen LogP contribution < -0.4 is 4.90 Å². The van der Waals surface area contributed by atoms with Gasteiger partial charge in [-0.2, -0.15) is 0 Å². The van der Waals surface area contributed by atoms with E-state index < -0.39 is 0 Å². The van der Waals surface area contributed by atoms with Gasteiger partial charge in [-0.25, -0.2) is 5.10 Å². The molecule has 0 atom stereocenters. The molecule has 0 aromatic carbocycles. The number of nitrogens with one attached hydrogen (secondary N) is 1. The molecule has 0 radical (unpaired) electrons. The van der Waals surface area contributed by atoms with E-state index in [4.69, 9.17) is 12.2 Å². The number of rotatable bonds is 3. The van der Waals surface area contributed by atoms with Crippen LogP contribution in [0.2, 0.25) is 0 Å². The molecule has 5 heteroatoms. The van der Waals surface area contributed by atoms with Crippen LogP contribution in [-0.2, 0) is 0 Å². The molecule has 0 saturated heterocycles. The SMILES string of the molecule is CN(c1n[nH]c(=S)n1C1CCCC1)C1CCC1. The van der Waals surface area contributed by atoms with Gasteiger partial charge in [0.2, 0.25) is 5.95 Å². The maximum Gasteiger partial charge on any atom is 0.225 e. The van der Waals surface area contributed by atoms with Gasteiger partial charge in [-0.05, 0) is 44.3 Å². The Hall–Kier alpha value is -0.840. The standard InChI is InChI=1S/C12H20N4S/c1-15(9-7-4-8-9)11-13-14-12(17)16(11)10-5-2-3-6-10/h9-10H,2-8H2,1H3,(H,14,17). The number of nitrogens with zero attached hydrogens (tertiary/aromatic N) is 3. The van der Waals surface area contributed by atoms with Crippen LogP contribution in [-0.4, -0.2) is 27.9 Å². The molecule has 2 fully saturated rings. The second-order valence-electron chi connectivity index (χ2n) is 5.33. The lowest BCUT2D eigenvalue weighted by molar-refractivity contribution is 0.388. The molecule has 3 rings (SSSR count). The normalized spacial score (nSPS) is 21.7. The Labute approximate surface area is 107 Å². The maximum atomic E-state index is 5.39. The lowest BCUT2D eigenvalue weighted by atomic mass is 9.92. The van der Waals surface area contributed by atoms with Crippen LogP contribution in [0.3, 0.4) is 0 Å². The molecule has 1 N–H and O–H groups in total. The van der Waals surface area contributed by atoms with Crippen molar-refractivity contribution in [3.63, 3.8) is 0 Å². The van der Waals surface area contributed by atoms with E-state index in [2.05, 4.69) is 26.7 Å². The van der Waals surface area contributed by atoms with Crippen LogP contribution in [0.5, 0.6) is 0 Å². The summed E-state index contributed by atoms with van der Waals surface area (Å²) >= 11 is 5.39. The van der Waals surface area contributed by atoms with Crippen molar-refractivity contribution in [3.8, 4) is 0 Å². The minimum Gasteiger partial charge on any atom is -0.341 e. The van der Waals surface area contributed by atoms with Gasteiger partial charge < -0.3 is 4.90 Å². The Balaban J connectivity index is 1.90. The first-order valence-corrected chi connectivity index (χ1v) is 7.08. The summed E-state index contributed by atoms with van der Waals surface area (Å²) in [6, 6.07) is 1.24. The highest BCUT2D eigenvalue weighted by Gasteiger charge is 2.28. The first kappa shape index (κ1) is 11.3. The minimum absolute atomic E-state index is 0.568. The summed E-state index contributed by atoms with van der Waals surface area (Å²) in [6.45, 7) is 0. The van der Waals surface area contributed by atoms with Gasteiger partial charge in [-0.1, -0.05) is 12.8 Å². The van der Waals surface area contributed by atoms with Crippen molar-refractivity contribution in [1.82, 2.24) is 14.8 Å². The van der Waals surface area contributed by atoms with E-state index in [9.17, 15) is 0 Å². The van der Waals surface area contributed by atoms with Crippen molar-refractivity contribution in [2.75, 3.05) is 11.9 Å². The molecule has 0 bridgehead atoms. The first-order chi connectivity index (χ1) is 8.27. The molecule has 1 aromatic heterocycles. The Kier molecular flexibility index (Phi) is 2.94. The highest BCUT2D eigenvalue weighted by molar-refractivity contribution is 7.71. The molecule has 2 aliphatic rings. The Morgan fingerprint density at radius 3 is 2.53 bits per heavy atom. The topological polar surface area (TPSA) is 36.9 Å². The van der Waals surface area contributed by atoms with Gasteiger partial charge in [0.1, 0.15) is 0 Å². The molecular weight excluding hydrogens is 232 g/mol. The van der Waals surface area contributed by atoms with Crippen LogP contribution in [0.15, 0.2) is 0 Å². The fraction of sp³-hybridized carbons (Fsp3) is 0.833. The Bertz CT molecular complexity index is 440. The third-order valence-electron chi connectivity index (χ3n) is 4.31. The molecule has 94 valence electrons. The monoisotopic (exact) mass is 252 g/mol. The lowest BCUT2D eigenvalue weighted by Crippen LogP contribution is -2.39. The van der Waals surface area contributed by atoms with Crippen molar-refractivity contribution in [3.05, 3.63) is 4.77 Å². The average molecular weight is 252 g/mol. The zero-order valence-corrected chi connectivity index (χ0v) is 11.2. The van der Waals surface area contributed by atoms with Gasteiger partial charge in [-0.15, -0.1) is 5.10 Å².